The Morgan fingerprint density at radius 3 is 2.35 bits per heavy atom. The number of carbonyl (C=O) groups excluding carboxylic acids is 1. The molecule has 86 valence electrons. The van der Waals surface area contributed by atoms with E-state index in [-0.39, 0.29) is 0 Å². The van der Waals surface area contributed by atoms with Gasteiger partial charge in [-0.15, -0.1) is 0 Å². The zero-order chi connectivity index (χ0) is 12.3. The molecule has 0 aliphatic heterocycles. The Kier molecular flexibility index (Phi) is 3.38. The standard InChI is InChI=1S/C16H16O/c1-3-13-7-9-14(10-8-13)15-6-4-5-12(2)16(15)11-17/h4-11H,3H2,1-2H3. The van der Waals surface area contributed by atoms with Crippen LogP contribution in [-0.2, 0) is 6.42 Å². The lowest BCUT2D eigenvalue weighted by molar-refractivity contribution is 0.112. The Bertz CT molecular complexity index is 524. The van der Waals surface area contributed by atoms with Crippen LogP contribution in [0.3, 0.4) is 0 Å². The molecule has 0 atom stereocenters. The summed E-state index contributed by atoms with van der Waals surface area (Å²) in [4.78, 5) is 11.1. The second-order valence-electron chi connectivity index (χ2n) is 4.20. The molecule has 1 heteroatoms. The fourth-order valence-corrected chi connectivity index (χ4v) is 2.01. The summed E-state index contributed by atoms with van der Waals surface area (Å²) in [6.07, 6.45) is 1.98. The van der Waals surface area contributed by atoms with E-state index in [4.69, 9.17) is 0 Å². The molecule has 0 unspecified atom stereocenters. The van der Waals surface area contributed by atoms with Gasteiger partial charge in [0.2, 0.25) is 0 Å². The maximum Gasteiger partial charge on any atom is 0.150 e. The van der Waals surface area contributed by atoms with Gasteiger partial charge in [-0.05, 0) is 35.6 Å². The highest BCUT2D eigenvalue weighted by atomic mass is 16.1. The Morgan fingerprint density at radius 2 is 1.76 bits per heavy atom. The van der Waals surface area contributed by atoms with Crippen LogP contribution in [0.5, 0.6) is 0 Å². The summed E-state index contributed by atoms with van der Waals surface area (Å²) in [5.74, 6) is 0. The Hall–Kier alpha value is -1.89. The number of aldehydes is 1. The van der Waals surface area contributed by atoms with E-state index < -0.39 is 0 Å². The number of rotatable bonds is 3. The molecule has 0 saturated heterocycles. The molecule has 0 aromatic heterocycles. The van der Waals surface area contributed by atoms with E-state index in [1.807, 2.05) is 25.1 Å². The molecule has 2 aromatic rings. The Labute approximate surface area is 102 Å². The van der Waals surface area contributed by atoms with Crippen LogP contribution < -0.4 is 0 Å². The quantitative estimate of drug-likeness (QED) is 0.719. The van der Waals surface area contributed by atoms with Gasteiger partial charge in [-0.1, -0.05) is 49.4 Å². The first kappa shape index (κ1) is 11.6. The van der Waals surface area contributed by atoms with Crippen LogP contribution in [0.2, 0.25) is 0 Å². The number of carbonyl (C=O) groups is 1. The first-order valence-electron chi connectivity index (χ1n) is 5.90. The molecule has 0 aliphatic carbocycles. The molecule has 0 radical (unpaired) electrons. The van der Waals surface area contributed by atoms with Crippen LogP contribution in [0.15, 0.2) is 42.5 Å². The summed E-state index contributed by atoms with van der Waals surface area (Å²) in [6, 6.07) is 14.4. The van der Waals surface area contributed by atoms with Gasteiger partial charge in [0.15, 0.2) is 6.29 Å². The van der Waals surface area contributed by atoms with E-state index >= 15 is 0 Å². The topological polar surface area (TPSA) is 17.1 Å². The van der Waals surface area contributed by atoms with E-state index in [1.165, 1.54) is 5.56 Å². The van der Waals surface area contributed by atoms with Crippen molar-refractivity contribution in [2.24, 2.45) is 0 Å². The van der Waals surface area contributed by atoms with Crippen molar-refractivity contribution >= 4 is 6.29 Å². The van der Waals surface area contributed by atoms with Crippen molar-refractivity contribution < 1.29 is 4.79 Å². The van der Waals surface area contributed by atoms with Crippen LogP contribution in [0.1, 0.15) is 28.4 Å². The second-order valence-corrected chi connectivity index (χ2v) is 4.20. The summed E-state index contributed by atoms with van der Waals surface area (Å²) in [6.45, 7) is 4.10. The number of hydrogen-bond donors (Lipinski definition) is 0. The van der Waals surface area contributed by atoms with Crippen molar-refractivity contribution in [1.82, 2.24) is 0 Å². The predicted molar refractivity (Wildman–Crippen MR) is 71.4 cm³/mol. The van der Waals surface area contributed by atoms with E-state index in [9.17, 15) is 4.79 Å². The summed E-state index contributed by atoms with van der Waals surface area (Å²) in [5, 5.41) is 0. The summed E-state index contributed by atoms with van der Waals surface area (Å²) >= 11 is 0. The highest BCUT2D eigenvalue weighted by Crippen LogP contribution is 2.25. The van der Waals surface area contributed by atoms with Crippen molar-refractivity contribution in [3.8, 4) is 11.1 Å². The Morgan fingerprint density at radius 1 is 1.06 bits per heavy atom. The van der Waals surface area contributed by atoms with Crippen LogP contribution in [-0.4, -0.2) is 6.29 Å². The molecule has 17 heavy (non-hydrogen) atoms. The van der Waals surface area contributed by atoms with Gasteiger partial charge < -0.3 is 0 Å². The fourth-order valence-electron chi connectivity index (χ4n) is 2.01. The minimum absolute atomic E-state index is 0.789. The average molecular weight is 224 g/mol. The lowest BCUT2D eigenvalue weighted by Gasteiger charge is -2.08. The zero-order valence-corrected chi connectivity index (χ0v) is 10.2. The molecule has 0 spiro atoms. The van der Waals surface area contributed by atoms with Gasteiger partial charge in [0.1, 0.15) is 0 Å². The molecule has 0 saturated carbocycles. The Balaban J connectivity index is 2.52. The van der Waals surface area contributed by atoms with E-state index in [2.05, 4.69) is 31.2 Å². The normalized spacial score (nSPS) is 10.2. The first-order valence-corrected chi connectivity index (χ1v) is 5.90. The molecule has 1 nitrogen and oxygen atoms in total. The number of benzene rings is 2. The lowest BCUT2D eigenvalue weighted by Crippen LogP contribution is -1.91. The second kappa shape index (κ2) is 4.96. The van der Waals surface area contributed by atoms with Crippen molar-refractivity contribution in [1.29, 1.82) is 0 Å². The minimum Gasteiger partial charge on any atom is -0.298 e. The lowest BCUT2D eigenvalue weighted by atomic mass is 9.96. The first-order chi connectivity index (χ1) is 8.26. The smallest absolute Gasteiger partial charge is 0.150 e. The van der Waals surface area contributed by atoms with Gasteiger partial charge in [-0.3, -0.25) is 4.79 Å². The largest absolute Gasteiger partial charge is 0.298 e. The van der Waals surface area contributed by atoms with E-state index in [0.29, 0.717) is 0 Å². The molecule has 0 bridgehead atoms. The van der Waals surface area contributed by atoms with Crippen molar-refractivity contribution in [2.45, 2.75) is 20.3 Å². The maximum atomic E-state index is 11.1. The van der Waals surface area contributed by atoms with Crippen LogP contribution in [0.4, 0.5) is 0 Å². The zero-order valence-electron chi connectivity index (χ0n) is 10.2. The molecule has 0 aliphatic rings. The molecule has 0 amide bonds. The number of hydrogen-bond acceptors (Lipinski definition) is 1. The molecule has 0 fully saturated rings. The maximum absolute atomic E-state index is 11.1. The van der Waals surface area contributed by atoms with Crippen LogP contribution in [0.25, 0.3) is 11.1 Å². The highest BCUT2D eigenvalue weighted by molar-refractivity contribution is 5.89. The predicted octanol–water partition coefficient (Wildman–Crippen LogP) is 4.04. The summed E-state index contributed by atoms with van der Waals surface area (Å²) in [7, 11) is 0. The molecule has 2 rings (SSSR count). The van der Waals surface area contributed by atoms with Crippen molar-refractivity contribution in [3.63, 3.8) is 0 Å². The van der Waals surface area contributed by atoms with Gasteiger partial charge >= 0.3 is 0 Å². The third-order valence-corrected chi connectivity index (χ3v) is 3.12. The molecular weight excluding hydrogens is 208 g/mol. The monoisotopic (exact) mass is 224 g/mol. The average Bonchev–Trinajstić information content (AvgIpc) is 2.38. The van der Waals surface area contributed by atoms with Gasteiger partial charge in [0, 0.05) is 5.56 Å². The van der Waals surface area contributed by atoms with E-state index in [1.54, 1.807) is 0 Å². The fraction of sp³-hybridized carbons (Fsp3) is 0.188. The summed E-state index contributed by atoms with van der Waals surface area (Å²) in [5.41, 5.74) is 5.25. The van der Waals surface area contributed by atoms with Crippen molar-refractivity contribution in [2.75, 3.05) is 0 Å². The third-order valence-electron chi connectivity index (χ3n) is 3.12. The van der Waals surface area contributed by atoms with E-state index in [0.717, 1.165) is 35.0 Å². The minimum atomic E-state index is 0.789. The summed E-state index contributed by atoms with van der Waals surface area (Å²) < 4.78 is 0. The van der Waals surface area contributed by atoms with Gasteiger partial charge in [-0.2, -0.15) is 0 Å². The molecule has 0 N–H and O–H groups in total. The van der Waals surface area contributed by atoms with Crippen LogP contribution >= 0.6 is 0 Å². The van der Waals surface area contributed by atoms with Gasteiger partial charge in [0.05, 0.1) is 0 Å². The third kappa shape index (κ3) is 2.28. The molecule has 0 heterocycles. The molecule has 2 aromatic carbocycles. The van der Waals surface area contributed by atoms with Gasteiger partial charge in [0.25, 0.3) is 0 Å². The number of aryl methyl sites for hydroxylation is 2. The molecular formula is C16H16O. The van der Waals surface area contributed by atoms with Crippen molar-refractivity contribution in [3.05, 3.63) is 59.2 Å². The highest BCUT2D eigenvalue weighted by Gasteiger charge is 2.06. The SMILES string of the molecule is CCc1ccc(-c2cccc(C)c2C=O)cc1. The van der Waals surface area contributed by atoms with Crippen LogP contribution in [0, 0.1) is 6.92 Å². The van der Waals surface area contributed by atoms with Gasteiger partial charge in [-0.25, -0.2) is 0 Å².